The summed E-state index contributed by atoms with van der Waals surface area (Å²) in [7, 11) is 0. The van der Waals surface area contributed by atoms with E-state index in [9.17, 15) is 0 Å². The Morgan fingerprint density at radius 1 is 0.895 bits per heavy atom. The van der Waals surface area contributed by atoms with Crippen molar-refractivity contribution in [3.63, 3.8) is 0 Å². The average Bonchev–Trinajstić information content (AvgIpc) is 3.24. The largest absolute Gasteiger partial charge is 0.364 e. The van der Waals surface area contributed by atoms with Crippen molar-refractivity contribution in [3.8, 4) is 0 Å². The van der Waals surface area contributed by atoms with Crippen molar-refractivity contribution in [3.05, 3.63) is 59.7 Å². The number of rotatable bonds is 0. The molecule has 19 heavy (non-hydrogen) atoms. The number of benzene rings is 3. The normalized spacial score (nSPS) is 24.2. The van der Waals surface area contributed by atoms with Crippen molar-refractivity contribution >= 4 is 21.5 Å². The quantitative estimate of drug-likeness (QED) is 0.423. The molecule has 1 nitrogen and oxygen atoms in total. The standard InChI is InChI=1S/C18H14O/c1-2-4-12-10-16-13(9-11(12)3-1)5-6-15-14(16)7-8-17-18(15)19-17/h1-6,9-10,17-18H,7-8H2/t17-,18?/m1/s1. The molecule has 1 fully saturated rings. The van der Waals surface area contributed by atoms with Crippen LogP contribution in [0.4, 0.5) is 0 Å². The van der Waals surface area contributed by atoms with Gasteiger partial charge in [0.2, 0.25) is 0 Å². The van der Waals surface area contributed by atoms with Crippen LogP contribution >= 0.6 is 0 Å². The maximum Gasteiger partial charge on any atom is 0.109 e. The van der Waals surface area contributed by atoms with E-state index in [1.54, 1.807) is 0 Å². The summed E-state index contributed by atoms with van der Waals surface area (Å²) in [5.41, 5.74) is 2.95. The fraction of sp³-hybridized carbons (Fsp3) is 0.222. The Morgan fingerprint density at radius 3 is 2.63 bits per heavy atom. The van der Waals surface area contributed by atoms with Gasteiger partial charge in [-0.15, -0.1) is 0 Å². The van der Waals surface area contributed by atoms with Crippen molar-refractivity contribution in [1.82, 2.24) is 0 Å². The Hall–Kier alpha value is -1.86. The third-order valence-corrected chi connectivity index (χ3v) is 4.60. The third-order valence-electron chi connectivity index (χ3n) is 4.60. The average molecular weight is 246 g/mol. The summed E-state index contributed by atoms with van der Waals surface area (Å²) in [5.74, 6) is 0. The summed E-state index contributed by atoms with van der Waals surface area (Å²) >= 11 is 0. The van der Waals surface area contributed by atoms with Gasteiger partial charge >= 0.3 is 0 Å². The molecule has 3 aromatic carbocycles. The van der Waals surface area contributed by atoms with Gasteiger partial charge < -0.3 is 4.74 Å². The van der Waals surface area contributed by atoms with Crippen LogP contribution in [-0.4, -0.2) is 6.10 Å². The summed E-state index contributed by atoms with van der Waals surface area (Å²) < 4.78 is 5.74. The predicted octanol–water partition coefficient (Wildman–Crippen LogP) is 4.38. The van der Waals surface area contributed by atoms with Gasteiger partial charge in [-0.05, 0) is 57.6 Å². The molecule has 0 bridgehead atoms. The molecule has 0 N–H and O–H groups in total. The molecule has 1 aliphatic heterocycles. The van der Waals surface area contributed by atoms with Crippen LogP contribution in [0.1, 0.15) is 23.7 Å². The van der Waals surface area contributed by atoms with E-state index in [1.807, 2.05) is 0 Å². The highest BCUT2D eigenvalue weighted by atomic mass is 16.6. The van der Waals surface area contributed by atoms with E-state index in [2.05, 4.69) is 48.5 Å². The first-order chi connectivity index (χ1) is 9.40. The lowest BCUT2D eigenvalue weighted by atomic mass is 9.87. The Labute approximate surface area is 111 Å². The lowest BCUT2D eigenvalue weighted by Gasteiger charge is -2.15. The van der Waals surface area contributed by atoms with Crippen LogP contribution in [0.5, 0.6) is 0 Å². The first kappa shape index (κ1) is 9.99. The second-order valence-corrected chi connectivity index (χ2v) is 5.69. The highest BCUT2D eigenvalue weighted by molar-refractivity contribution is 6.00. The van der Waals surface area contributed by atoms with Crippen LogP contribution in [0.2, 0.25) is 0 Å². The molecule has 5 rings (SSSR count). The minimum atomic E-state index is 0.389. The molecule has 1 unspecified atom stereocenters. The molecule has 3 aromatic rings. The van der Waals surface area contributed by atoms with E-state index in [4.69, 9.17) is 4.74 Å². The topological polar surface area (TPSA) is 12.5 Å². The summed E-state index contributed by atoms with van der Waals surface area (Å²) in [6.45, 7) is 0. The lowest BCUT2D eigenvalue weighted by Crippen LogP contribution is -2.04. The summed E-state index contributed by atoms with van der Waals surface area (Å²) in [5, 5.41) is 5.44. The Kier molecular flexibility index (Phi) is 1.77. The molecule has 1 aliphatic carbocycles. The summed E-state index contributed by atoms with van der Waals surface area (Å²) in [4.78, 5) is 0. The van der Waals surface area contributed by atoms with Crippen molar-refractivity contribution in [2.24, 2.45) is 0 Å². The van der Waals surface area contributed by atoms with Crippen LogP contribution in [0.3, 0.4) is 0 Å². The number of fused-ring (bicyclic) bond motifs is 6. The number of ether oxygens (including phenoxy) is 1. The molecular formula is C18H14O. The summed E-state index contributed by atoms with van der Waals surface area (Å²) in [6.07, 6.45) is 3.24. The van der Waals surface area contributed by atoms with Crippen LogP contribution in [0.15, 0.2) is 48.5 Å². The zero-order valence-corrected chi connectivity index (χ0v) is 10.6. The molecule has 2 aliphatic rings. The number of hydrogen-bond donors (Lipinski definition) is 0. The van der Waals surface area contributed by atoms with Crippen molar-refractivity contribution in [1.29, 1.82) is 0 Å². The third kappa shape index (κ3) is 1.34. The second kappa shape index (κ2) is 3.37. The van der Waals surface area contributed by atoms with E-state index in [0.717, 1.165) is 6.42 Å². The van der Waals surface area contributed by atoms with Crippen molar-refractivity contribution in [2.75, 3.05) is 0 Å². The Bertz CT molecular complexity index is 818. The van der Waals surface area contributed by atoms with Crippen LogP contribution in [0.25, 0.3) is 21.5 Å². The van der Waals surface area contributed by atoms with Gasteiger partial charge in [-0.1, -0.05) is 36.4 Å². The molecule has 0 spiro atoms. The monoisotopic (exact) mass is 246 g/mol. The molecule has 1 saturated heterocycles. The second-order valence-electron chi connectivity index (χ2n) is 5.69. The van der Waals surface area contributed by atoms with Gasteiger partial charge in [0, 0.05) is 0 Å². The molecule has 1 heteroatoms. The van der Waals surface area contributed by atoms with Gasteiger partial charge in [0.05, 0.1) is 6.10 Å². The van der Waals surface area contributed by atoms with Crippen LogP contribution < -0.4 is 0 Å². The maximum atomic E-state index is 5.74. The van der Waals surface area contributed by atoms with Gasteiger partial charge in [-0.3, -0.25) is 0 Å². The summed E-state index contributed by atoms with van der Waals surface area (Å²) in [6, 6.07) is 17.8. The van der Waals surface area contributed by atoms with E-state index < -0.39 is 0 Å². The van der Waals surface area contributed by atoms with E-state index >= 15 is 0 Å². The minimum Gasteiger partial charge on any atom is -0.364 e. The molecule has 92 valence electrons. The SMILES string of the molecule is c1ccc2cc3c4c(ccc3cc2c1)C1O[C@@H]1CC4. The van der Waals surface area contributed by atoms with Crippen molar-refractivity contribution in [2.45, 2.75) is 25.0 Å². The van der Waals surface area contributed by atoms with E-state index in [-0.39, 0.29) is 0 Å². The fourth-order valence-corrected chi connectivity index (χ4v) is 3.56. The smallest absolute Gasteiger partial charge is 0.109 e. The van der Waals surface area contributed by atoms with Gasteiger partial charge in [0.15, 0.2) is 0 Å². The zero-order valence-electron chi connectivity index (χ0n) is 10.6. The molecule has 2 atom stereocenters. The number of aryl methyl sites for hydroxylation is 1. The van der Waals surface area contributed by atoms with Gasteiger partial charge in [-0.25, -0.2) is 0 Å². The van der Waals surface area contributed by atoms with Gasteiger partial charge in [-0.2, -0.15) is 0 Å². The van der Waals surface area contributed by atoms with Gasteiger partial charge in [0.1, 0.15) is 6.10 Å². The zero-order chi connectivity index (χ0) is 12.4. The maximum absolute atomic E-state index is 5.74. The predicted molar refractivity (Wildman–Crippen MR) is 77.4 cm³/mol. The number of hydrogen-bond acceptors (Lipinski definition) is 1. The molecule has 0 aromatic heterocycles. The molecular weight excluding hydrogens is 232 g/mol. The van der Waals surface area contributed by atoms with Crippen LogP contribution in [-0.2, 0) is 11.2 Å². The first-order valence-electron chi connectivity index (χ1n) is 7.00. The highest BCUT2D eigenvalue weighted by Gasteiger charge is 2.44. The molecule has 0 saturated carbocycles. The van der Waals surface area contributed by atoms with Gasteiger partial charge in [0.25, 0.3) is 0 Å². The molecule has 0 radical (unpaired) electrons. The van der Waals surface area contributed by atoms with Crippen LogP contribution in [0, 0.1) is 0 Å². The number of epoxide rings is 1. The van der Waals surface area contributed by atoms with E-state index in [0.29, 0.717) is 12.2 Å². The molecule has 1 heterocycles. The first-order valence-corrected chi connectivity index (χ1v) is 7.00. The molecule has 0 amide bonds. The lowest BCUT2D eigenvalue weighted by molar-refractivity contribution is 0.373. The van der Waals surface area contributed by atoms with Crippen molar-refractivity contribution < 1.29 is 4.74 Å². The van der Waals surface area contributed by atoms with E-state index in [1.165, 1.54) is 39.1 Å². The highest BCUT2D eigenvalue weighted by Crippen LogP contribution is 2.48. The minimum absolute atomic E-state index is 0.389. The Morgan fingerprint density at radius 2 is 1.74 bits per heavy atom. The Balaban J connectivity index is 1.89. The fourth-order valence-electron chi connectivity index (χ4n) is 3.56.